The highest BCUT2D eigenvalue weighted by molar-refractivity contribution is 6.25. The van der Waals surface area contributed by atoms with E-state index in [-0.39, 0.29) is 24.2 Å². The van der Waals surface area contributed by atoms with E-state index >= 15 is 0 Å². The molecule has 170 valence electrons. The first kappa shape index (κ1) is 22.8. The summed E-state index contributed by atoms with van der Waals surface area (Å²) in [5.41, 5.74) is -2.90. The Balaban J connectivity index is 1.91. The van der Waals surface area contributed by atoms with Crippen LogP contribution in [0.3, 0.4) is 0 Å². The SMILES string of the molecule is CCOC(=O)C1=C(c2ccccc2)C(C#N)(C#N)C2(CC(=O)N(c3ccc(OC)cc3)C2=O)C1. The summed E-state index contributed by atoms with van der Waals surface area (Å²) in [6, 6.07) is 18.9. The number of ether oxygens (including phenoxy) is 2. The van der Waals surface area contributed by atoms with Gasteiger partial charge in [0.15, 0.2) is 5.41 Å². The van der Waals surface area contributed by atoms with Crippen LogP contribution in [-0.2, 0) is 19.1 Å². The maximum Gasteiger partial charge on any atom is 0.334 e. The number of hydrogen-bond acceptors (Lipinski definition) is 7. The molecule has 2 aliphatic rings. The monoisotopic (exact) mass is 455 g/mol. The number of anilines is 1. The van der Waals surface area contributed by atoms with Crippen LogP contribution in [0.4, 0.5) is 5.69 Å². The summed E-state index contributed by atoms with van der Waals surface area (Å²) in [6.07, 6.45) is -0.646. The second kappa shape index (κ2) is 8.49. The standard InChI is InChI=1S/C26H21N3O5/c1-3-34-23(31)20-13-25(26(15-27,16-28)22(20)17-7-5-4-6-8-17)14-21(30)29(24(25)32)18-9-11-19(33-2)12-10-18/h4-12H,3,13-14H2,1-2H3. The Morgan fingerprint density at radius 3 is 2.24 bits per heavy atom. The van der Waals surface area contributed by atoms with Crippen LogP contribution in [-0.4, -0.2) is 31.5 Å². The Labute approximate surface area is 196 Å². The molecule has 8 nitrogen and oxygen atoms in total. The Morgan fingerprint density at radius 1 is 1.03 bits per heavy atom. The summed E-state index contributed by atoms with van der Waals surface area (Å²) in [4.78, 5) is 41.1. The van der Waals surface area contributed by atoms with Gasteiger partial charge in [0.05, 0.1) is 37.0 Å². The van der Waals surface area contributed by atoms with Gasteiger partial charge in [-0.3, -0.25) is 9.59 Å². The molecule has 1 saturated heterocycles. The molecule has 34 heavy (non-hydrogen) atoms. The van der Waals surface area contributed by atoms with Gasteiger partial charge in [-0.1, -0.05) is 30.3 Å². The van der Waals surface area contributed by atoms with Gasteiger partial charge < -0.3 is 9.47 Å². The van der Waals surface area contributed by atoms with Crippen LogP contribution in [0.2, 0.25) is 0 Å². The quantitative estimate of drug-likeness (QED) is 0.500. The molecular weight excluding hydrogens is 434 g/mol. The maximum absolute atomic E-state index is 13.9. The number of benzene rings is 2. The van der Waals surface area contributed by atoms with Crippen molar-refractivity contribution < 1.29 is 23.9 Å². The molecule has 1 fully saturated rings. The summed E-state index contributed by atoms with van der Waals surface area (Å²) in [5, 5.41) is 20.8. The third kappa shape index (κ3) is 3.07. The summed E-state index contributed by atoms with van der Waals surface area (Å²) in [5.74, 6) is -1.42. The van der Waals surface area contributed by atoms with Crippen molar-refractivity contribution in [3.8, 4) is 17.9 Å². The van der Waals surface area contributed by atoms with Gasteiger partial charge in [-0.15, -0.1) is 0 Å². The number of rotatable bonds is 5. The van der Waals surface area contributed by atoms with E-state index in [4.69, 9.17) is 9.47 Å². The number of methoxy groups -OCH3 is 1. The minimum absolute atomic E-state index is 0.0638. The minimum atomic E-state index is -2.07. The third-order valence-electron chi connectivity index (χ3n) is 6.44. The molecule has 0 aromatic heterocycles. The van der Waals surface area contributed by atoms with E-state index in [1.165, 1.54) is 7.11 Å². The van der Waals surface area contributed by atoms with Crippen LogP contribution in [0.1, 0.15) is 25.3 Å². The van der Waals surface area contributed by atoms with Gasteiger partial charge in [0.1, 0.15) is 5.75 Å². The van der Waals surface area contributed by atoms with Gasteiger partial charge in [-0.2, -0.15) is 10.5 Å². The fourth-order valence-corrected chi connectivity index (χ4v) is 4.89. The van der Waals surface area contributed by atoms with Crippen LogP contribution in [0.25, 0.3) is 5.57 Å². The molecule has 2 amide bonds. The zero-order chi connectivity index (χ0) is 24.5. The van der Waals surface area contributed by atoms with Gasteiger partial charge in [0.2, 0.25) is 11.8 Å². The van der Waals surface area contributed by atoms with Crippen molar-refractivity contribution in [2.24, 2.45) is 10.8 Å². The van der Waals surface area contributed by atoms with Crippen LogP contribution in [0, 0.1) is 33.5 Å². The van der Waals surface area contributed by atoms with Crippen molar-refractivity contribution >= 4 is 29.0 Å². The number of esters is 1. The number of carbonyl (C=O) groups excluding carboxylic acids is 3. The lowest BCUT2D eigenvalue weighted by Gasteiger charge is -2.32. The fraction of sp³-hybridized carbons (Fsp3) is 0.269. The van der Waals surface area contributed by atoms with Gasteiger partial charge >= 0.3 is 5.97 Å². The largest absolute Gasteiger partial charge is 0.497 e. The van der Waals surface area contributed by atoms with E-state index in [1.807, 2.05) is 12.1 Å². The zero-order valence-electron chi connectivity index (χ0n) is 18.7. The van der Waals surface area contributed by atoms with E-state index in [1.54, 1.807) is 61.5 Å². The molecule has 1 spiro atoms. The first-order valence-corrected chi connectivity index (χ1v) is 10.7. The average molecular weight is 455 g/mol. The Kier molecular flexibility index (Phi) is 5.68. The first-order chi connectivity index (χ1) is 16.4. The topological polar surface area (TPSA) is 120 Å². The predicted octanol–water partition coefficient (Wildman–Crippen LogP) is 3.40. The molecule has 0 N–H and O–H groups in total. The highest BCUT2D eigenvalue weighted by atomic mass is 16.5. The molecule has 0 saturated carbocycles. The maximum atomic E-state index is 13.9. The summed E-state index contributed by atoms with van der Waals surface area (Å²) in [7, 11) is 1.50. The second-order valence-electron chi connectivity index (χ2n) is 8.08. The molecular formula is C26H21N3O5. The number of hydrogen-bond donors (Lipinski definition) is 0. The normalized spacial score (nSPS) is 20.9. The lowest BCUT2D eigenvalue weighted by atomic mass is 9.62. The second-order valence-corrected chi connectivity index (χ2v) is 8.08. The molecule has 0 radical (unpaired) electrons. The van der Waals surface area contributed by atoms with Crippen molar-refractivity contribution in [2.45, 2.75) is 19.8 Å². The third-order valence-corrected chi connectivity index (χ3v) is 6.44. The van der Waals surface area contributed by atoms with Crippen LogP contribution < -0.4 is 9.64 Å². The minimum Gasteiger partial charge on any atom is -0.497 e. The summed E-state index contributed by atoms with van der Waals surface area (Å²) >= 11 is 0. The van der Waals surface area contributed by atoms with Crippen LogP contribution >= 0.6 is 0 Å². The molecule has 0 bridgehead atoms. The van der Waals surface area contributed by atoms with Crippen molar-refractivity contribution in [1.82, 2.24) is 0 Å². The molecule has 1 atom stereocenters. The number of amides is 2. The van der Waals surface area contributed by atoms with Crippen molar-refractivity contribution in [2.75, 3.05) is 18.6 Å². The lowest BCUT2D eigenvalue weighted by molar-refractivity contribution is -0.138. The molecule has 1 aliphatic heterocycles. The molecule has 4 rings (SSSR count). The van der Waals surface area contributed by atoms with E-state index in [0.29, 0.717) is 17.0 Å². The number of imide groups is 1. The van der Waals surface area contributed by atoms with E-state index < -0.39 is 35.0 Å². The van der Waals surface area contributed by atoms with E-state index in [9.17, 15) is 24.9 Å². The van der Waals surface area contributed by atoms with Crippen molar-refractivity contribution in [1.29, 1.82) is 10.5 Å². The van der Waals surface area contributed by atoms with E-state index in [0.717, 1.165) is 4.90 Å². The molecule has 8 heteroatoms. The van der Waals surface area contributed by atoms with Crippen LogP contribution in [0.15, 0.2) is 60.2 Å². The van der Waals surface area contributed by atoms with Crippen LogP contribution in [0.5, 0.6) is 5.75 Å². The summed E-state index contributed by atoms with van der Waals surface area (Å²) in [6.45, 7) is 1.72. The lowest BCUT2D eigenvalue weighted by Crippen LogP contribution is -2.44. The predicted molar refractivity (Wildman–Crippen MR) is 121 cm³/mol. The Hall–Kier alpha value is -4.43. The Bertz CT molecular complexity index is 1270. The average Bonchev–Trinajstić information content (AvgIpc) is 3.30. The number of allylic oxidation sites excluding steroid dienone is 1. The van der Waals surface area contributed by atoms with Gasteiger partial charge in [-0.05, 0) is 43.2 Å². The fourth-order valence-electron chi connectivity index (χ4n) is 4.89. The molecule has 1 heterocycles. The van der Waals surface area contributed by atoms with E-state index in [2.05, 4.69) is 0 Å². The molecule has 2 aromatic rings. The van der Waals surface area contributed by atoms with Crippen molar-refractivity contribution in [3.05, 3.63) is 65.7 Å². The van der Waals surface area contributed by atoms with Gasteiger partial charge in [-0.25, -0.2) is 9.69 Å². The van der Waals surface area contributed by atoms with Gasteiger partial charge in [0, 0.05) is 17.6 Å². The summed E-state index contributed by atoms with van der Waals surface area (Å²) < 4.78 is 10.4. The van der Waals surface area contributed by atoms with Crippen molar-refractivity contribution in [3.63, 3.8) is 0 Å². The molecule has 2 aromatic carbocycles. The molecule has 1 unspecified atom stereocenters. The highest BCUT2D eigenvalue weighted by Gasteiger charge is 2.71. The molecule has 1 aliphatic carbocycles. The highest BCUT2D eigenvalue weighted by Crippen LogP contribution is 2.64. The van der Waals surface area contributed by atoms with Gasteiger partial charge in [0.25, 0.3) is 0 Å². The smallest absolute Gasteiger partial charge is 0.334 e. The zero-order valence-corrected chi connectivity index (χ0v) is 18.7. The first-order valence-electron chi connectivity index (χ1n) is 10.7. The number of nitrogens with zero attached hydrogens (tertiary/aromatic N) is 3. The number of carbonyl (C=O) groups is 3. The Morgan fingerprint density at radius 2 is 1.68 bits per heavy atom. The number of nitriles is 2.